The Morgan fingerprint density at radius 2 is 1.90 bits per heavy atom. The van der Waals surface area contributed by atoms with Crippen LogP contribution in [0.5, 0.6) is 0 Å². The average molecular weight is 291 g/mol. The summed E-state index contributed by atoms with van der Waals surface area (Å²) in [5, 5.41) is 3.49. The maximum atomic E-state index is 4.70. The van der Waals surface area contributed by atoms with E-state index in [1.165, 1.54) is 24.9 Å². The molecule has 0 aromatic carbocycles. The Morgan fingerprint density at radius 1 is 1.14 bits per heavy atom. The molecule has 0 radical (unpaired) electrons. The number of rotatable bonds is 10. The van der Waals surface area contributed by atoms with Crippen molar-refractivity contribution in [3.8, 4) is 0 Å². The molecule has 0 spiro atoms. The van der Waals surface area contributed by atoms with Gasteiger partial charge < -0.3 is 10.2 Å². The van der Waals surface area contributed by atoms with Crippen molar-refractivity contribution in [2.45, 2.75) is 72.4 Å². The van der Waals surface area contributed by atoms with Gasteiger partial charge in [0.05, 0.1) is 17.6 Å². The van der Waals surface area contributed by atoms with Crippen LogP contribution >= 0.6 is 0 Å². The van der Waals surface area contributed by atoms with Gasteiger partial charge in [-0.1, -0.05) is 33.6 Å². The first kappa shape index (κ1) is 18.0. The van der Waals surface area contributed by atoms with Crippen LogP contribution in [0.1, 0.15) is 72.0 Å². The molecular weight excluding hydrogens is 258 g/mol. The van der Waals surface area contributed by atoms with Crippen molar-refractivity contribution in [2.75, 3.05) is 18.0 Å². The highest BCUT2D eigenvalue weighted by atomic mass is 15.2. The van der Waals surface area contributed by atoms with E-state index in [-0.39, 0.29) is 0 Å². The SMILES string of the molecule is CCCCCN(c1ccc(C(CC)NCC)nc1)C(C)C. The summed E-state index contributed by atoms with van der Waals surface area (Å²) >= 11 is 0. The van der Waals surface area contributed by atoms with Crippen molar-refractivity contribution in [1.29, 1.82) is 0 Å². The van der Waals surface area contributed by atoms with Gasteiger partial charge in [-0.05, 0) is 45.4 Å². The monoisotopic (exact) mass is 291 g/mol. The fourth-order valence-electron chi connectivity index (χ4n) is 2.70. The lowest BCUT2D eigenvalue weighted by Crippen LogP contribution is -2.32. The average Bonchev–Trinajstić information content (AvgIpc) is 2.49. The minimum absolute atomic E-state index is 0.372. The van der Waals surface area contributed by atoms with Gasteiger partial charge in [-0.25, -0.2) is 0 Å². The van der Waals surface area contributed by atoms with Gasteiger partial charge in [0, 0.05) is 18.6 Å². The predicted octanol–water partition coefficient (Wildman–Crippen LogP) is 4.55. The second kappa shape index (κ2) is 9.78. The quantitative estimate of drug-likeness (QED) is 0.641. The molecule has 1 N–H and O–H groups in total. The molecule has 1 aromatic heterocycles. The number of aromatic nitrogens is 1. The molecular formula is C18H33N3. The highest BCUT2D eigenvalue weighted by Crippen LogP contribution is 2.20. The lowest BCUT2D eigenvalue weighted by Gasteiger charge is -2.29. The number of hydrogen-bond acceptors (Lipinski definition) is 3. The van der Waals surface area contributed by atoms with E-state index in [9.17, 15) is 0 Å². The van der Waals surface area contributed by atoms with Gasteiger partial charge in [-0.15, -0.1) is 0 Å². The van der Waals surface area contributed by atoms with Crippen molar-refractivity contribution in [2.24, 2.45) is 0 Å². The first-order valence-corrected chi connectivity index (χ1v) is 8.59. The van der Waals surface area contributed by atoms with Crippen LogP contribution in [-0.4, -0.2) is 24.1 Å². The lowest BCUT2D eigenvalue weighted by atomic mass is 10.1. The molecule has 1 aromatic rings. The second-order valence-corrected chi connectivity index (χ2v) is 5.95. The van der Waals surface area contributed by atoms with E-state index in [1.54, 1.807) is 0 Å². The van der Waals surface area contributed by atoms with Crippen LogP contribution in [0, 0.1) is 0 Å². The molecule has 1 rings (SSSR count). The zero-order chi connectivity index (χ0) is 15.7. The maximum Gasteiger partial charge on any atom is 0.0574 e. The summed E-state index contributed by atoms with van der Waals surface area (Å²) in [6.45, 7) is 13.2. The number of anilines is 1. The molecule has 0 aliphatic carbocycles. The third-order valence-corrected chi connectivity index (χ3v) is 3.94. The fourth-order valence-corrected chi connectivity index (χ4v) is 2.70. The molecule has 1 unspecified atom stereocenters. The van der Waals surface area contributed by atoms with E-state index in [2.05, 4.69) is 57.0 Å². The molecule has 0 aliphatic heterocycles. The van der Waals surface area contributed by atoms with Crippen LogP contribution in [0.4, 0.5) is 5.69 Å². The topological polar surface area (TPSA) is 28.2 Å². The van der Waals surface area contributed by atoms with E-state index >= 15 is 0 Å². The first-order valence-electron chi connectivity index (χ1n) is 8.59. The van der Waals surface area contributed by atoms with Crippen molar-refractivity contribution in [1.82, 2.24) is 10.3 Å². The van der Waals surface area contributed by atoms with Gasteiger partial charge in [0.15, 0.2) is 0 Å². The summed E-state index contributed by atoms with van der Waals surface area (Å²) in [7, 11) is 0. The largest absolute Gasteiger partial charge is 0.368 e. The van der Waals surface area contributed by atoms with Crippen LogP contribution in [-0.2, 0) is 0 Å². The smallest absolute Gasteiger partial charge is 0.0574 e. The van der Waals surface area contributed by atoms with Crippen molar-refractivity contribution >= 4 is 5.69 Å². The molecule has 0 amide bonds. The van der Waals surface area contributed by atoms with Gasteiger partial charge >= 0.3 is 0 Å². The molecule has 0 saturated heterocycles. The number of nitrogens with one attached hydrogen (secondary N) is 1. The Labute approximate surface area is 131 Å². The van der Waals surface area contributed by atoms with Crippen LogP contribution in [0.3, 0.4) is 0 Å². The fraction of sp³-hybridized carbons (Fsp3) is 0.722. The van der Waals surface area contributed by atoms with E-state index in [0.717, 1.165) is 25.2 Å². The predicted molar refractivity (Wildman–Crippen MR) is 93.0 cm³/mol. The van der Waals surface area contributed by atoms with Crippen molar-refractivity contribution in [3.63, 3.8) is 0 Å². The van der Waals surface area contributed by atoms with Gasteiger partial charge in [0.1, 0.15) is 0 Å². The summed E-state index contributed by atoms with van der Waals surface area (Å²) in [4.78, 5) is 7.15. The number of nitrogens with zero attached hydrogens (tertiary/aromatic N) is 2. The van der Waals surface area contributed by atoms with Gasteiger partial charge in [0.25, 0.3) is 0 Å². The minimum Gasteiger partial charge on any atom is -0.368 e. The zero-order valence-corrected chi connectivity index (χ0v) is 14.5. The molecule has 120 valence electrons. The van der Waals surface area contributed by atoms with Gasteiger partial charge in [-0.2, -0.15) is 0 Å². The molecule has 3 heteroatoms. The van der Waals surface area contributed by atoms with Crippen molar-refractivity contribution < 1.29 is 0 Å². The summed E-state index contributed by atoms with van der Waals surface area (Å²) in [6.07, 6.45) is 6.94. The highest BCUT2D eigenvalue weighted by molar-refractivity contribution is 5.45. The van der Waals surface area contributed by atoms with E-state index < -0.39 is 0 Å². The number of unbranched alkanes of at least 4 members (excludes halogenated alkanes) is 2. The molecule has 0 bridgehead atoms. The van der Waals surface area contributed by atoms with E-state index in [1.807, 2.05) is 6.20 Å². The van der Waals surface area contributed by atoms with Crippen LogP contribution < -0.4 is 10.2 Å². The summed E-state index contributed by atoms with van der Waals surface area (Å²) in [5.41, 5.74) is 2.40. The number of hydrogen-bond donors (Lipinski definition) is 1. The Hall–Kier alpha value is -1.09. The van der Waals surface area contributed by atoms with Crippen molar-refractivity contribution in [3.05, 3.63) is 24.0 Å². The molecule has 0 aliphatic rings. The molecule has 3 nitrogen and oxygen atoms in total. The normalized spacial score (nSPS) is 12.7. The Bertz CT molecular complexity index is 373. The summed E-state index contributed by atoms with van der Waals surface area (Å²) in [6, 6.07) is 5.30. The molecule has 0 saturated carbocycles. The van der Waals surface area contributed by atoms with Crippen LogP contribution in [0.15, 0.2) is 18.3 Å². The van der Waals surface area contributed by atoms with Gasteiger partial charge in [-0.3, -0.25) is 4.98 Å². The summed E-state index contributed by atoms with van der Waals surface area (Å²) < 4.78 is 0. The van der Waals surface area contributed by atoms with Gasteiger partial charge in [0.2, 0.25) is 0 Å². The molecule has 1 atom stereocenters. The minimum atomic E-state index is 0.372. The van der Waals surface area contributed by atoms with Crippen LogP contribution in [0.2, 0.25) is 0 Å². The maximum absolute atomic E-state index is 4.70. The van der Waals surface area contributed by atoms with Crippen LogP contribution in [0.25, 0.3) is 0 Å². The zero-order valence-electron chi connectivity index (χ0n) is 14.5. The van der Waals surface area contributed by atoms with E-state index in [0.29, 0.717) is 12.1 Å². The standard InChI is InChI=1S/C18H33N3/c1-6-9-10-13-21(15(4)5)16-11-12-18(20-14-16)17(7-2)19-8-3/h11-12,14-15,17,19H,6-10,13H2,1-5H3. The molecule has 21 heavy (non-hydrogen) atoms. The third-order valence-electron chi connectivity index (χ3n) is 3.94. The summed E-state index contributed by atoms with van der Waals surface area (Å²) in [5.74, 6) is 0. The Balaban J connectivity index is 2.77. The third kappa shape index (κ3) is 5.66. The Morgan fingerprint density at radius 3 is 2.38 bits per heavy atom. The van der Waals surface area contributed by atoms with E-state index in [4.69, 9.17) is 4.98 Å². The Kier molecular flexibility index (Phi) is 8.36. The lowest BCUT2D eigenvalue weighted by molar-refractivity contribution is 0.524. The first-order chi connectivity index (χ1) is 10.1. The molecule has 0 fully saturated rings. The highest BCUT2D eigenvalue weighted by Gasteiger charge is 2.13. The molecule has 1 heterocycles. The number of pyridine rings is 1. The second-order valence-electron chi connectivity index (χ2n) is 5.95.